The molecule has 0 heterocycles. The molecule has 0 saturated heterocycles. The average Bonchev–Trinajstić information content (AvgIpc) is 2.25. The van der Waals surface area contributed by atoms with Crippen molar-refractivity contribution < 1.29 is 0 Å². The minimum atomic E-state index is 0.959. The van der Waals surface area contributed by atoms with Gasteiger partial charge in [-0.2, -0.15) is 0 Å². The lowest BCUT2D eigenvalue weighted by Crippen LogP contribution is -2.09. The van der Waals surface area contributed by atoms with Gasteiger partial charge in [0.2, 0.25) is 0 Å². The van der Waals surface area contributed by atoms with Crippen LogP contribution in [0.1, 0.15) is 48.8 Å². The fraction of sp³-hybridized carbons (Fsp3) is 0.600. The molecule has 0 amide bonds. The first-order valence-electron chi connectivity index (χ1n) is 6.32. The Bertz CT molecular complexity index is 319. The molecule has 1 aliphatic rings. The third-order valence-electron chi connectivity index (χ3n) is 3.82. The lowest BCUT2D eigenvalue weighted by atomic mass is 9.84. The zero-order valence-corrected chi connectivity index (χ0v) is 10.1. The van der Waals surface area contributed by atoms with Crippen LogP contribution in [0, 0.1) is 19.8 Å². The molecule has 0 spiro atoms. The third kappa shape index (κ3) is 2.84. The molecule has 0 aliphatic heterocycles. The van der Waals surface area contributed by atoms with Gasteiger partial charge in [-0.15, -0.1) is 0 Å². The van der Waals surface area contributed by atoms with Gasteiger partial charge in [-0.3, -0.25) is 0 Å². The fourth-order valence-electron chi connectivity index (χ4n) is 2.66. The minimum absolute atomic E-state index is 0.959. The lowest BCUT2D eigenvalue weighted by Gasteiger charge is -2.21. The molecule has 0 atom stereocenters. The zero-order chi connectivity index (χ0) is 10.7. The van der Waals surface area contributed by atoms with Gasteiger partial charge in [0.15, 0.2) is 0 Å². The normalized spacial score (nSPS) is 18.0. The second kappa shape index (κ2) is 4.83. The summed E-state index contributed by atoms with van der Waals surface area (Å²) in [5.74, 6) is 0.959. The lowest BCUT2D eigenvalue weighted by molar-refractivity contribution is 0.356. The summed E-state index contributed by atoms with van der Waals surface area (Å²) in [4.78, 5) is 0. The first kappa shape index (κ1) is 10.7. The van der Waals surface area contributed by atoms with Gasteiger partial charge in [0, 0.05) is 0 Å². The van der Waals surface area contributed by atoms with Crippen molar-refractivity contribution in [2.75, 3.05) is 0 Å². The van der Waals surface area contributed by atoms with Crippen molar-refractivity contribution in [1.29, 1.82) is 0 Å². The molecule has 0 bridgehead atoms. The molecule has 0 unspecified atom stereocenters. The van der Waals surface area contributed by atoms with E-state index < -0.39 is 0 Å². The maximum Gasteiger partial charge on any atom is -0.0250 e. The molecule has 0 heteroatoms. The second-order valence-electron chi connectivity index (χ2n) is 5.13. The third-order valence-corrected chi connectivity index (χ3v) is 3.82. The molecule has 0 aromatic heterocycles. The van der Waals surface area contributed by atoms with Crippen LogP contribution in [0.3, 0.4) is 0 Å². The van der Waals surface area contributed by atoms with Crippen molar-refractivity contribution in [3.8, 4) is 0 Å². The SMILES string of the molecule is Cc1ccc(CC2CCCCC2)cc1C. The highest BCUT2D eigenvalue weighted by molar-refractivity contribution is 5.30. The molecular weight excluding hydrogens is 180 g/mol. The van der Waals surface area contributed by atoms with E-state index in [9.17, 15) is 0 Å². The molecule has 0 radical (unpaired) electrons. The molecule has 15 heavy (non-hydrogen) atoms. The molecule has 82 valence electrons. The van der Waals surface area contributed by atoms with Gasteiger partial charge in [0.25, 0.3) is 0 Å². The summed E-state index contributed by atoms with van der Waals surface area (Å²) in [5, 5.41) is 0. The molecule has 2 rings (SSSR count). The molecule has 1 saturated carbocycles. The van der Waals surface area contributed by atoms with Crippen molar-refractivity contribution in [2.24, 2.45) is 5.92 Å². The van der Waals surface area contributed by atoms with E-state index in [1.807, 2.05) is 0 Å². The van der Waals surface area contributed by atoms with E-state index in [4.69, 9.17) is 0 Å². The predicted octanol–water partition coefficient (Wildman–Crippen LogP) is 4.43. The van der Waals surface area contributed by atoms with Gasteiger partial charge >= 0.3 is 0 Å². The Kier molecular flexibility index (Phi) is 3.45. The van der Waals surface area contributed by atoms with Gasteiger partial charge in [0.1, 0.15) is 0 Å². The Balaban J connectivity index is 2.00. The van der Waals surface area contributed by atoms with E-state index in [-0.39, 0.29) is 0 Å². The number of aryl methyl sites for hydroxylation is 2. The maximum absolute atomic E-state index is 2.38. The molecule has 1 aliphatic carbocycles. The number of hydrogen-bond acceptors (Lipinski definition) is 0. The van der Waals surface area contributed by atoms with E-state index in [0.29, 0.717) is 0 Å². The summed E-state index contributed by atoms with van der Waals surface area (Å²) in [5.41, 5.74) is 4.41. The smallest absolute Gasteiger partial charge is 0.0250 e. The van der Waals surface area contributed by atoms with Gasteiger partial charge < -0.3 is 0 Å². The largest absolute Gasteiger partial charge is 0.0588 e. The Morgan fingerprint density at radius 2 is 1.73 bits per heavy atom. The number of benzene rings is 1. The van der Waals surface area contributed by atoms with Gasteiger partial charge in [-0.1, -0.05) is 50.3 Å². The van der Waals surface area contributed by atoms with Crippen molar-refractivity contribution in [2.45, 2.75) is 52.4 Å². The highest BCUT2D eigenvalue weighted by atomic mass is 14.2. The highest BCUT2D eigenvalue weighted by Gasteiger charge is 2.13. The van der Waals surface area contributed by atoms with Crippen molar-refractivity contribution >= 4 is 0 Å². The van der Waals surface area contributed by atoms with Gasteiger partial charge in [0.05, 0.1) is 0 Å². The Morgan fingerprint density at radius 1 is 1.00 bits per heavy atom. The topological polar surface area (TPSA) is 0 Å². The highest BCUT2D eigenvalue weighted by Crippen LogP contribution is 2.27. The molecule has 1 fully saturated rings. The first-order valence-corrected chi connectivity index (χ1v) is 6.32. The Labute approximate surface area is 93.7 Å². The monoisotopic (exact) mass is 202 g/mol. The number of hydrogen-bond donors (Lipinski definition) is 0. The van der Waals surface area contributed by atoms with Crippen molar-refractivity contribution in [1.82, 2.24) is 0 Å². The van der Waals surface area contributed by atoms with E-state index in [1.54, 1.807) is 5.56 Å². The molecule has 0 N–H and O–H groups in total. The Hall–Kier alpha value is -0.780. The summed E-state index contributed by atoms with van der Waals surface area (Å²) in [6.45, 7) is 4.42. The Morgan fingerprint density at radius 3 is 2.40 bits per heavy atom. The standard InChI is InChI=1S/C15H22/c1-12-8-9-15(10-13(12)2)11-14-6-4-3-5-7-14/h8-10,14H,3-7,11H2,1-2H3. The molecule has 1 aromatic rings. The van der Waals surface area contributed by atoms with Crippen LogP contribution in [-0.4, -0.2) is 0 Å². The molecule has 1 aromatic carbocycles. The second-order valence-corrected chi connectivity index (χ2v) is 5.13. The van der Waals surface area contributed by atoms with Crippen LogP contribution in [0.15, 0.2) is 18.2 Å². The van der Waals surface area contributed by atoms with Gasteiger partial charge in [-0.25, -0.2) is 0 Å². The predicted molar refractivity (Wildman–Crippen MR) is 66.2 cm³/mol. The van der Waals surface area contributed by atoms with Crippen LogP contribution in [0.25, 0.3) is 0 Å². The maximum atomic E-state index is 2.38. The van der Waals surface area contributed by atoms with Crippen molar-refractivity contribution in [3.05, 3.63) is 34.9 Å². The quantitative estimate of drug-likeness (QED) is 0.665. The molecule has 0 nitrogen and oxygen atoms in total. The van der Waals surface area contributed by atoms with E-state index in [1.165, 1.54) is 49.7 Å². The fourth-order valence-corrected chi connectivity index (χ4v) is 2.66. The van der Waals surface area contributed by atoms with E-state index in [0.717, 1.165) is 5.92 Å². The van der Waals surface area contributed by atoms with Crippen LogP contribution in [-0.2, 0) is 6.42 Å². The number of rotatable bonds is 2. The van der Waals surface area contributed by atoms with Crippen LogP contribution >= 0.6 is 0 Å². The van der Waals surface area contributed by atoms with E-state index in [2.05, 4.69) is 32.0 Å². The van der Waals surface area contributed by atoms with Crippen LogP contribution in [0.5, 0.6) is 0 Å². The first-order chi connectivity index (χ1) is 7.25. The minimum Gasteiger partial charge on any atom is -0.0588 e. The summed E-state index contributed by atoms with van der Waals surface area (Å²) in [7, 11) is 0. The summed E-state index contributed by atoms with van der Waals surface area (Å²) in [6, 6.07) is 6.97. The summed E-state index contributed by atoms with van der Waals surface area (Å²) < 4.78 is 0. The zero-order valence-electron chi connectivity index (χ0n) is 10.1. The van der Waals surface area contributed by atoms with E-state index >= 15 is 0 Å². The average molecular weight is 202 g/mol. The van der Waals surface area contributed by atoms with Crippen molar-refractivity contribution in [3.63, 3.8) is 0 Å². The van der Waals surface area contributed by atoms with Crippen LogP contribution < -0.4 is 0 Å². The summed E-state index contributed by atoms with van der Waals surface area (Å²) >= 11 is 0. The van der Waals surface area contributed by atoms with Crippen LogP contribution in [0.2, 0.25) is 0 Å². The summed E-state index contributed by atoms with van der Waals surface area (Å²) in [6.07, 6.45) is 8.58. The van der Waals surface area contributed by atoms with Gasteiger partial charge in [-0.05, 0) is 42.9 Å². The molecular formula is C15H22. The van der Waals surface area contributed by atoms with Crippen LogP contribution in [0.4, 0.5) is 0 Å².